The normalized spacial score (nSPS) is 10.9. The quantitative estimate of drug-likeness (QED) is 0.0334. The largest absolute Gasteiger partial charge is 1.00 e. The standard InChI is InChI=1S/C14H15Cl2FN2O3.C14H14ClFN2O3.CH2O3.2K.H/c1-4-22-14(21)9(6-18-7(2)3)11(20)8-5-10(17)13(16)19-12(8)15;1-4-21-14(20)9-6-18(7(2)3)13-8(11(9)19)5-10(16)12(15)17-13;2-1-4-3;;;/h5-7,20H,4H2,1-3H3;5-7H,4H2,1-3H3;1,3H;;;/q;;;2*+1;-1/p-1. The van der Waals surface area contributed by atoms with Crippen LogP contribution in [0.1, 0.15) is 64.9 Å². The van der Waals surface area contributed by atoms with Crippen molar-refractivity contribution in [2.75, 3.05) is 13.2 Å². The van der Waals surface area contributed by atoms with E-state index in [1.54, 1.807) is 32.3 Å². The molecule has 0 fully saturated rings. The maximum Gasteiger partial charge on any atom is 1.00 e. The van der Waals surface area contributed by atoms with E-state index in [2.05, 4.69) is 19.8 Å². The number of halogens is 5. The second kappa shape index (κ2) is 25.1. The zero-order chi connectivity index (χ0) is 36.0. The minimum atomic E-state index is -0.878. The van der Waals surface area contributed by atoms with Crippen molar-refractivity contribution in [1.82, 2.24) is 14.5 Å². The number of carbonyl (C=O) groups excluding carboxylic acids is 3. The van der Waals surface area contributed by atoms with Gasteiger partial charge in [-0.05, 0) is 53.7 Å². The minimum Gasteiger partial charge on any atom is -1.00 e. The first-order valence-electron chi connectivity index (χ1n) is 13.5. The molecule has 3 aromatic rings. The van der Waals surface area contributed by atoms with Gasteiger partial charge in [-0.1, -0.05) is 34.8 Å². The predicted molar refractivity (Wildman–Crippen MR) is 170 cm³/mol. The van der Waals surface area contributed by atoms with Gasteiger partial charge in [-0.25, -0.2) is 28.3 Å². The number of aliphatic imine (C=N–C) groups is 1. The Morgan fingerprint density at radius 2 is 1.53 bits per heavy atom. The van der Waals surface area contributed by atoms with Crippen LogP contribution in [0.5, 0.6) is 0 Å². The smallest absolute Gasteiger partial charge is 1.00 e. The molecule has 0 aliphatic heterocycles. The summed E-state index contributed by atoms with van der Waals surface area (Å²) in [4.78, 5) is 58.8. The Labute approximate surface area is 381 Å². The van der Waals surface area contributed by atoms with E-state index < -0.39 is 39.9 Å². The molecule has 0 unspecified atom stereocenters. The third-order valence-corrected chi connectivity index (χ3v) is 6.22. The van der Waals surface area contributed by atoms with Gasteiger partial charge in [-0.15, -0.1) is 0 Å². The monoisotopic (exact) mass is 800 g/mol. The zero-order valence-electron chi connectivity index (χ0n) is 28.8. The number of aliphatic hydroxyl groups is 1. The Balaban J connectivity index is -0.000000756. The Morgan fingerprint density at radius 1 is 1.00 bits per heavy atom. The molecule has 0 aliphatic rings. The fourth-order valence-electron chi connectivity index (χ4n) is 3.37. The van der Waals surface area contributed by atoms with Crippen LogP contribution in [0.25, 0.3) is 16.8 Å². The Kier molecular flexibility index (Phi) is 25.8. The predicted octanol–water partition coefficient (Wildman–Crippen LogP) is -0.659. The summed E-state index contributed by atoms with van der Waals surface area (Å²) in [6.45, 7) is 10.6. The van der Waals surface area contributed by atoms with E-state index in [-0.39, 0.29) is 174 Å². The summed E-state index contributed by atoms with van der Waals surface area (Å²) in [6, 6.07) is 1.66. The molecule has 0 saturated heterocycles. The number of fused-ring (bicyclic) bond motifs is 1. The first kappa shape index (κ1) is 50.2. The van der Waals surface area contributed by atoms with Gasteiger partial charge in [0.1, 0.15) is 27.7 Å². The van der Waals surface area contributed by atoms with Gasteiger partial charge >= 0.3 is 115 Å². The number of aromatic nitrogens is 3. The second-order valence-electron chi connectivity index (χ2n) is 9.37. The van der Waals surface area contributed by atoms with Crippen LogP contribution in [0.15, 0.2) is 33.7 Å². The summed E-state index contributed by atoms with van der Waals surface area (Å²) in [6.07, 6.45) is 2.52. The minimum absolute atomic E-state index is 0. The molecule has 0 atom stereocenters. The zero-order valence-corrected chi connectivity index (χ0v) is 36.4. The molecule has 0 aromatic carbocycles. The molecular weight excluding hydrogens is 771 g/mol. The summed E-state index contributed by atoms with van der Waals surface area (Å²) >= 11 is 17.0. The van der Waals surface area contributed by atoms with Crippen molar-refractivity contribution in [3.63, 3.8) is 0 Å². The van der Waals surface area contributed by atoms with Gasteiger partial charge in [-0.2, -0.15) is 0 Å². The third-order valence-electron chi connectivity index (χ3n) is 5.40. The van der Waals surface area contributed by atoms with Crippen molar-refractivity contribution >= 4 is 76.2 Å². The van der Waals surface area contributed by atoms with Crippen LogP contribution in [0.3, 0.4) is 0 Å². The van der Waals surface area contributed by atoms with E-state index in [9.17, 15) is 28.3 Å². The molecule has 13 nitrogen and oxygen atoms in total. The van der Waals surface area contributed by atoms with Crippen LogP contribution >= 0.6 is 34.8 Å². The average molecular weight is 802 g/mol. The molecule has 1 N–H and O–H groups in total. The summed E-state index contributed by atoms with van der Waals surface area (Å²) in [5.41, 5.74) is -0.970. The number of hydrogen-bond donors (Lipinski definition) is 1. The third kappa shape index (κ3) is 15.3. The van der Waals surface area contributed by atoms with Crippen LogP contribution in [0, 0.1) is 11.6 Å². The number of hydrogen-bond acceptors (Lipinski definition) is 12. The van der Waals surface area contributed by atoms with Gasteiger partial charge in [0, 0.05) is 24.5 Å². The molecule has 0 aliphatic carbocycles. The van der Waals surface area contributed by atoms with Gasteiger partial charge in [0.05, 0.1) is 24.2 Å². The Bertz CT molecular complexity index is 1730. The van der Waals surface area contributed by atoms with Crippen molar-refractivity contribution in [3.05, 3.63) is 72.3 Å². The summed E-state index contributed by atoms with van der Waals surface area (Å²) < 4.78 is 38.4. The number of rotatable bonds is 9. The number of ether oxygens (including phenoxy) is 2. The van der Waals surface area contributed by atoms with Gasteiger partial charge < -0.3 is 30.7 Å². The number of esters is 2. The molecule has 20 heteroatoms. The van der Waals surface area contributed by atoms with Crippen molar-refractivity contribution in [3.8, 4) is 0 Å². The summed E-state index contributed by atoms with van der Waals surface area (Å²) in [7, 11) is 0. The van der Waals surface area contributed by atoms with Crippen LogP contribution < -0.4 is 113 Å². The van der Waals surface area contributed by atoms with Gasteiger partial charge in [0.15, 0.2) is 21.9 Å². The van der Waals surface area contributed by atoms with E-state index >= 15 is 0 Å². The summed E-state index contributed by atoms with van der Waals surface area (Å²) in [5, 5.41) is 17.7. The molecule has 3 heterocycles. The molecule has 3 rings (SSSR count). The summed E-state index contributed by atoms with van der Waals surface area (Å²) in [5.74, 6) is -3.82. The molecule has 0 radical (unpaired) electrons. The topological polar surface area (TPSA) is 182 Å². The molecule has 0 bridgehead atoms. The van der Waals surface area contributed by atoms with Crippen LogP contribution in [-0.2, 0) is 24.0 Å². The van der Waals surface area contributed by atoms with E-state index in [1.165, 1.54) is 6.20 Å². The molecular formula is C29H31Cl3F2K2N4O9. The van der Waals surface area contributed by atoms with E-state index in [4.69, 9.17) is 54.3 Å². The molecule has 0 amide bonds. The Hall–Kier alpha value is -0.907. The van der Waals surface area contributed by atoms with E-state index in [1.807, 2.05) is 13.8 Å². The first-order valence-corrected chi connectivity index (χ1v) is 14.6. The van der Waals surface area contributed by atoms with Crippen molar-refractivity contribution in [1.29, 1.82) is 0 Å². The van der Waals surface area contributed by atoms with Gasteiger partial charge in [0.2, 0.25) is 5.43 Å². The second-order valence-corrected chi connectivity index (χ2v) is 10.4. The fourth-order valence-corrected chi connectivity index (χ4v) is 3.92. The first-order chi connectivity index (χ1) is 22.0. The molecule has 258 valence electrons. The number of aliphatic hydroxyl groups excluding tert-OH is 1. The molecule has 0 saturated carbocycles. The molecule has 0 spiro atoms. The van der Waals surface area contributed by atoms with Gasteiger partial charge in [-0.3, -0.25) is 14.6 Å². The van der Waals surface area contributed by atoms with Crippen LogP contribution in [0.4, 0.5) is 8.78 Å². The van der Waals surface area contributed by atoms with Crippen LogP contribution in [-0.4, -0.2) is 63.5 Å². The maximum absolute atomic E-state index is 13.6. The number of nitrogens with zero attached hydrogens (tertiary/aromatic N) is 4. The fraction of sp³-hybridized carbons (Fsp3) is 0.345. The average Bonchev–Trinajstić information content (AvgIpc) is 3.00. The molecule has 3 aromatic heterocycles. The maximum atomic E-state index is 13.6. The SMILES string of the molecule is CCOC(=O)C(C=NC(C)C)=C(O)c1cc(F)c(Cl)nc1Cl.CCOC(=O)c1cn(C(C)C)c2nc(Cl)c(F)cc2c1=O.O=CO[O-].[H-].[K+].[K+]. The van der Waals surface area contributed by atoms with E-state index in [0.29, 0.717) is 0 Å². The molecule has 49 heavy (non-hydrogen) atoms. The van der Waals surface area contributed by atoms with E-state index in [0.717, 1.165) is 18.3 Å². The van der Waals surface area contributed by atoms with Gasteiger partial charge in [0.25, 0.3) is 6.47 Å². The number of carbonyl (C=O) groups is 3. The van der Waals surface area contributed by atoms with Crippen molar-refractivity contribution < 1.29 is 152 Å². The Morgan fingerprint density at radius 3 is 2.02 bits per heavy atom. The number of pyridine rings is 3. The van der Waals surface area contributed by atoms with Crippen molar-refractivity contribution in [2.45, 2.75) is 53.6 Å². The van der Waals surface area contributed by atoms with Crippen LogP contribution in [0.2, 0.25) is 15.5 Å². The van der Waals surface area contributed by atoms with Crippen molar-refractivity contribution in [2.24, 2.45) is 4.99 Å².